The van der Waals surface area contributed by atoms with Gasteiger partial charge in [0, 0.05) is 19.3 Å². The van der Waals surface area contributed by atoms with E-state index in [-0.39, 0.29) is 6.10 Å². The van der Waals surface area contributed by atoms with Crippen LogP contribution in [0.3, 0.4) is 0 Å². The van der Waals surface area contributed by atoms with E-state index in [0.717, 1.165) is 38.2 Å². The Morgan fingerprint density at radius 2 is 2.46 bits per heavy atom. The van der Waals surface area contributed by atoms with Gasteiger partial charge in [-0.15, -0.1) is 0 Å². The van der Waals surface area contributed by atoms with Crippen LogP contribution in [0.15, 0.2) is 16.8 Å². The van der Waals surface area contributed by atoms with Gasteiger partial charge in [0.05, 0.1) is 12.3 Å². The molecule has 1 atom stereocenters. The van der Waals surface area contributed by atoms with Crippen molar-refractivity contribution >= 4 is 6.21 Å². The van der Waals surface area contributed by atoms with Gasteiger partial charge in [0.25, 0.3) is 0 Å². The Morgan fingerprint density at radius 3 is 3.15 bits per heavy atom. The van der Waals surface area contributed by atoms with Crippen LogP contribution in [0.2, 0.25) is 0 Å². The topological polar surface area (TPSA) is 24.8 Å². The molecule has 2 aliphatic rings. The Hall–Kier alpha value is -0.670. The Labute approximate surface area is 79.1 Å². The number of morpholine rings is 1. The molecule has 1 unspecified atom stereocenters. The van der Waals surface area contributed by atoms with Gasteiger partial charge in [-0.1, -0.05) is 6.08 Å². The molecule has 0 aromatic rings. The molecule has 2 aliphatic heterocycles. The lowest BCUT2D eigenvalue weighted by Gasteiger charge is -2.30. The van der Waals surface area contributed by atoms with Crippen LogP contribution in [0.4, 0.5) is 0 Å². The first kappa shape index (κ1) is 8.91. The first-order chi connectivity index (χ1) is 6.36. The number of ether oxygens (including phenoxy) is 1. The fraction of sp³-hybridized carbons (Fsp3) is 0.700. The third kappa shape index (κ3) is 2.17. The summed E-state index contributed by atoms with van der Waals surface area (Å²) in [6.45, 7) is 2.84. The highest BCUT2D eigenvalue weighted by Crippen LogP contribution is 2.17. The van der Waals surface area contributed by atoms with Crippen LogP contribution in [-0.4, -0.2) is 44.0 Å². The molecule has 0 aliphatic carbocycles. The number of likely N-dealkylation sites (N-methyl/N-ethyl adjacent to an activating group) is 1. The number of rotatable bonds is 1. The van der Waals surface area contributed by atoms with Crippen LogP contribution in [0, 0.1) is 0 Å². The molecule has 0 radical (unpaired) electrons. The molecular weight excluding hydrogens is 164 g/mol. The third-order valence-corrected chi connectivity index (χ3v) is 2.49. The minimum atomic E-state index is 0.204. The summed E-state index contributed by atoms with van der Waals surface area (Å²) in [5, 5.41) is 0. The fourth-order valence-corrected chi connectivity index (χ4v) is 1.70. The molecule has 2 rings (SSSR count). The van der Waals surface area contributed by atoms with Gasteiger partial charge >= 0.3 is 0 Å². The van der Waals surface area contributed by atoms with E-state index in [9.17, 15) is 0 Å². The molecule has 0 bridgehead atoms. The molecule has 0 aromatic heterocycles. The zero-order valence-electron chi connectivity index (χ0n) is 8.07. The summed E-state index contributed by atoms with van der Waals surface area (Å²) in [5.74, 6) is 0. The monoisotopic (exact) mass is 180 g/mol. The van der Waals surface area contributed by atoms with Crippen molar-refractivity contribution in [2.45, 2.75) is 18.9 Å². The summed E-state index contributed by atoms with van der Waals surface area (Å²) in [6, 6.07) is 0. The highest BCUT2D eigenvalue weighted by Gasteiger charge is 2.21. The van der Waals surface area contributed by atoms with Crippen molar-refractivity contribution in [3.05, 3.63) is 11.8 Å². The molecular formula is C10H16N2O. The Balaban J connectivity index is 1.99. The van der Waals surface area contributed by atoms with Crippen LogP contribution < -0.4 is 0 Å². The van der Waals surface area contributed by atoms with E-state index >= 15 is 0 Å². The number of allylic oxidation sites excluding steroid dienone is 1. The van der Waals surface area contributed by atoms with Crippen molar-refractivity contribution in [3.8, 4) is 0 Å². The SMILES string of the molecule is CN1CCOC(C2=CCCC=N2)C1. The van der Waals surface area contributed by atoms with E-state index in [1.807, 2.05) is 6.21 Å². The minimum absolute atomic E-state index is 0.204. The quantitative estimate of drug-likeness (QED) is 0.603. The summed E-state index contributed by atoms with van der Waals surface area (Å²) < 4.78 is 5.66. The van der Waals surface area contributed by atoms with Crippen LogP contribution in [0.1, 0.15) is 12.8 Å². The smallest absolute Gasteiger partial charge is 0.112 e. The predicted octanol–water partition coefficient (Wildman–Crippen LogP) is 1.07. The maximum atomic E-state index is 5.66. The molecule has 13 heavy (non-hydrogen) atoms. The van der Waals surface area contributed by atoms with Crippen molar-refractivity contribution in [1.29, 1.82) is 0 Å². The van der Waals surface area contributed by atoms with E-state index in [4.69, 9.17) is 4.74 Å². The molecule has 0 saturated carbocycles. The van der Waals surface area contributed by atoms with E-state index < -0.39 is 0 Å². The van der Waals surface area contributed by atoms with Crippen LogP contribution in [-0.2, 0) is 4.74 Å². The Morgan fingerprint density at radius 1 is 1.54 bits per heavy atom. The fourth-order valence-electron chi connectivity index (χ4n) is 1.70. The predicted molar refractivity (Wildman–Crippen MR) is 53.0 cm³/mol. The molecule has 0 spiro atoms. The molecule has 0 aromatic carbocycles. The van der Waals surface area contributed by atoms with E-state index in [1.165, 1.54) is 0 Å². The molecule has 0 amide bonds. The van der Waals surface area contributed by atoms with Gasteiger partial charge in [0.15, 0.2) is 0 Å². The summed E-state index contributed by atoms with van der Waals surface area (Å²) in [4.78, 5) is 6.66. The Kier molecular flexibility index (Phi) is 2.76. The van der Waals surface area contributed by atoms with E-state index in [0.29, 0.717) is 0 Å². The van der Waals surface area contributed by atoms with Crippen LogP contribution in [0.5, 0.6) is 0 Å². The van der Waals surface area contributed by atoms with Gasteiger partial charge in [-0.25, -0.2) is 0 Å². The number of hydrogen-bond acceptors (Lipinski definition) is 3. The van der Waals surface area contributed by atoms with Gasteiger partial charge in [-0.3, -0.25) is 4.99 Å². The summed E-state index contributed by atoms with van der Waals surface area (Å²) in [6.07, 6.45) is 6.58. The minimum Gasteiger partial charge on any atom is -0.369 e. The molecule has 72 valence electrons. The normalized spacial score (nSPS) is 30.2. The first-order valence-corrected chi connectivity index (χ1v) is 4.89. The average Bonchev–Trinajstić information content (AvgIpc) is 2.19. The van der Waals surface area contributed by atoms with Gasteiger partial charge < -0.3 is 9.64 Å². The molecule has 3 heteroatoms. The molecule has 2 heterocycles. The summed E-state index contributed by atoms with van der Waals surface area (Å²) in [7, 11) is 2.13. The van der Waals surface area contributed by atoms with Gasteiger partial charge in [0.1, 0.15) is 6.10 Å². The second-order valence-corrected chi connectivity index (χ2v) is 3.64. The lowest BCUT2D eigenvalue weighted by Crippen LogP contribution is -2.40. The average molecular weight is 180 g/mol. The molecule has 3 nitrogen and oxygen atoms in total. The van der Waals surface area contributed by atoms with Crippen molar-refractivity contribution in [1.82, 2.24) is 4.90 Å². The first-order valence-electron chi connectivity index (χ1n) is 4.89. The molecule has 1 fully saturated rings. The summed E-state index contributed by atoms with van der Waals surface area (Å²) in [5.41, 5.74) is 1.12. The maximum Gasteiger partial charge on any atom is 0.112 e. The van der Waals surface area contributed by atoms with Crippen molar-refractivity contribution < 1.29 is 4.74 Å². The highest BCUT2D eigenvalue weighted by molar-refractivity contribution is 5.61. The lowest BCUT2D eigenvalue weighted by atomic mass is 10.1. The van der Waals surface area contributed by atoms with Crippen molar-refractivity contribution in [3.63, 3.8) is 0 Å². The number of hydrogen-bond donors (Lipinski definition) is 0. The third-order valence-electron chi connectivity index (χ3n) is 2.49. The van der Waals surface area contributed by atoms with Crippen LogP contribution in [0.25, 0.3) is 0 Å². The second kappa shape index (κ2) is 4.03. The lowest BCUT2D eigenvalue weighted by molar-refractivity contribution is 0.0000453. The van der Waals surface area contributed by atoms with Gasteiger partial charge in [0.2, 0.25) is 0 Å². The van der Waals surface area contributed by atoms with Crippen LogP contribution >= 0.6 is 0 Å². The van der Waals surface area contributed by atoms with E-state index in [1.54, 1.807) is 0 Å². The zero-order chi connectivity index (χ0) is 9.10. The van der Waals surface area contributed by atoms with E-state index in [2.05, 4.69) is 23.0 Å². The summed E-state index contributed by atoms with van der Waals surface area (Å²) >= 11 is 0. The second-order valence-electron chi connectivity index (χ2n) is 3.64. The number of nitrogens with zero attached hydrogens (tertiary/aromatic N) is 2. The maximum absolute atomic E-state index is 5.66. The van der Waals surface area contributed by atoms with Crippen molar-refractivity contribution in [2.75, 3.05) is 26.7 Å². The zero-order valence-corrected chi connectivity index (χ0v) is 8.07. The largest absolute Gasteiger partial charge is 0.369 e. The van der Waals surface area contributed by atoms with Gasteiger partial charge in [-0.05, 0) is 19.9 Å². The molecule has 1 saturated heterocycles. The van der Waals surface area contributed by atoms with Gasteiger partial charge in [-0.2, -0.15) is 0 Å². The highest BCUT2D eigenvalue weighted by atomic mass is 16.5. The number of aliphatic imine (C=N–C) groups is 1. The standard InChI is InChI=1S/C10H16N2O/c1-12-6-7-13-10(8-12)9-4-2-3-5-11-9/h4-5,10H,2-3,6-8H2,1H3. The van der Waals surface area contributed by atoms with Crippen molar-refractivity contribution in [2.24, 2.45) is 4.99 Å². The Bertz CT molecular complexity index is 235. The molecule has 0 N–H and O–H groups in total.